The van der Waals surface area contributed by atoms with Gasteiger partial charge in [0.1, 0.15) is 0 Å². The first kappa shape index (κ1) is 10.3. The van der Waals surface area contributed by atoms with E-state index in [0.717, 1.165) is 22.0 Å². The van der Waals surface area contributed by atoms with Gasteiger partial charge in [-0.25, -0.2) is 0 Å². The molecule has 19 heavy (non-hydrogen) atoms. The lowest BCUT2D eigenvalue weighted by atomic mass is 9.86. The highest BCUT2D eigenvalue weighted by atomic mass is 16.1. The van der Waals surface area contributed by atoms with E-state index in [1.807, 2.05) is 36.4 Å². The number of rotatable bonds is 0. The Balaban J connectivity index is 2.31. The Kier molecular flexibility index (Phi) is 1.85. The highest BCUT2D eigenvalue weighted by molar-refractivity contribution is 6.25. The Morgan fingerprint density at radius 1 is 0.789 bits per heavy atom. The lowest BCUT2D eigenvalue weighted by molar-refractivity contribution is 0.104. The van der Waals surface area contributed by atoms with Crippen molar-refractivity contribution in [1.82, 2.24) is 4.98 Å². The van der Waals surface area contributed by atoms with E-state index in [1.165, 1.54) is 6.07 Å². The second kappa shape index (κ2) is 3.42. The number of aromatic nitrogens is 1. The van der Waals surface area contributed by atoms with Gasteiger partial charge in [-0.3, -0.25) is 9.59 Å². The molecule has 1 aliphatic rings. The van der Waals surface area contributed by atoms with Crippen LogP contribution >= 0.6 is 0 Å². The highest BCUT2D eigenvalue weighted by Crippen LogP contribution is 2.36. The molecule has 0 bridgehead atoms. The Morgan fingerprint density at radius 2 is 1.53 bits per heavy atom. The average Bonchev–Trinajstić information content (AvgIpc) is 2.44. The van der Waals surface area contributed by atoms with Gasteiger partial charge in [-0.2, -0.15) is 0 Å². The summed E-state index contributed by atoms with van der Waals surface area (Å²) in [4.78, 5) is 27.1. The van der Waals surface area contributed by atoms with Crippen LogP contribution in [0.25, 0.3) is 22.0 Å². The quantitative estimate of drug-likeness (QED) is 0.519. The van der Waals surface area contributed by atoms with E-state index in [4.69, 9.17) is 0 Å². The van der Waals surface area contributed by atoms with Crippen LogP contribution in [0.3, 0.4) is 0 Å². The Bertz CT molecular complexity index is 906. The van der Waals surface area contributed by atoms with E-state index in [1.54, 1.807) is 6.07 Å². The van der Waals surface area contributed by atoms with Gasteiger partial charge in [-0.15, -0.1) is 0 Å². The number of hydrogen-bond donors (Lipinski definition) is 1. The van der Waals surface area contributed by atoms with Gasteiger partial charge >= 0.3 is 0 Å². The maximum absolute atomic E-state index is 12.5. The fraction of sp³-hybridized carbons (Fsp3) is 0. The molecule has 1 N–H and O–H groups in total. The second-order valence-corrected chi connectivity index (χ2v) is 4.65. The molecule has 1 aromatic heterocycles. The van der Waals surface area contributed by atoms with Gasteiger partial charge in [0, 0.05) is 28.1 Å². The largest absolute Gasteiger partial charge is 0.321 e. The van der Waals surface area contributed by atoms with E-state index in [0.29, 0.717) is 11.1 Å². The third-order valence-electron chi connectivity index (χ3n) is 3.57. The lowest BCUT2D eigenvalue weighted by Crippen LogP contribution is -2.14. The number of carbonyl (C=O) groups is 1. The van der Waals surface area contributed by atoms with Gasteiger partial charge < -0.3 is 4.98 Å². The molecule has 0 spiro atoms. The van der Waals surface area contributed by atoms with Crippen molar-refractivity contribution in [3.8, 4) is 11.3 Å². The van der Waals surface area contributed by atoms with Crippen LogP contribution in [0, 0.1) is 0 Å². The van der Waals surface area contributed by atoms with Gasteiger partial charge in [0.05, 0.1) is 5.69 Å². The number of fused-ring (bicyclic) bond motifs is 2. The van der Waals surface area contributed by atoms with Crippen molar-refractivity contribution in [3.05, 3.63) is 70.0 Å². The lowest BCUT2D eigenvalue weighted by Gasteiger charge is -2.18. The second-order valence-electron chi connectivity index (χ2n) is 4.65. The molecule has 0 unspecified atom stereocenters. The summed E-state index contributed by atoms with van der Waals surface area (Å²) in [7, 11) is 0. The summed E-state index contributed by atoms with van der Waals surface area (Å²) in [5.74, 6) is 0.0146. The minimum atomic E-state index is -0.149. The third kappa shape index (κ3) is 1.27. The first-order valence-electron chi connectivity index (χ1n) is 6.06. The Hall–Kier alpha value is -2.68. The minimum absolute atomic E-state index is 0.0146. The molecule has 0 saturated heterocycles. The average molecular weight is 247 g/mol. The topological polar surface area (TPSA) is 49.9 Å². The van der Waals surface area contributed by atoms with Crippen LogP contribution in [0.4, 0.5) is 0 Å². The van der Waals surface area contributed by atoms with Crippen LogP contribution in [0.5, 0.6) is 0 Å². The third-order valence-corrected chi connectivity index (χ3v) is 3.57. The molecule has 4 rings (SSSR count). The minimum Gasteiger partial charge on any atom is -0.321 e. The smallest absolute Gasteiger partial charge is 0.249 e. The molecule has 1 heterocycles. The molecule has 0 saturated carbocycles. The molecular formula is C16H9NO2. The zero-order chi connectivity index (χ0) is 13.0. The van der Waals surface area contributed by atoms with Gasteiger partial charge in [0.25, 0.3) is 0 Å². The number of carbonyl (C=O) groups excluding carboxylic acids is 1. The van der Waals surface area contributed by atoms with Crippen LogP contribution in [0.1, 0.15) is 15.9 Å². The summed E-state index contributed by atoms with van der Waals surface area (Å²) in [6.07, 6.45) is 0. The molecule has 0 radical (unpaired) electrons. The predicted molar refractivity (Wildman–Crippen MR) is 73.4 cm³/mol. The van der Waals surface area contributed by atoms with E-state index in [9.17, 15) is 9.59 Å². The normalized spacial score (nSPS) is 12.5. The van der Waals surface area contributed by atoms with Gasteiger partial charge in [0.2, 0.25) is 5.56 Å². The summed E-state index contributed by atoms with van der Waals surface area (Å²) in [6.45, 7) is 0. The van der Waals surface area contributed by atoms with Gasteiger partial charge in [-0.1, -0.05) is 42.5 Å². The molecule has 3 nitrogen and oxygen atoms in total. The molecule has 0 atom stereocenters. The van der Waals surface area contributed by atoms with E-state index >= 15 is 0 Å². The molecule has 1 aliphatic carbocycles. The van der Waals surface area contributed by atoms with Gasteiger partial charge in [0.15, 0.2) is 5.78 Å². The zero-order valence-electron chi connectivity index (χ0n) is 9.94. The summed E-state index contributed by atoms with van der Waals surface area (Å²) < 4.78 is 0. The molecule has 0 amide bonds. The van der Waals surface area contributed by atoms with Crippen molar-refractivity contribution in [2.45, 2.75) is 0 Å². The van der Waals surface area contributed by atoms with E-state index in [-0.39, 0.29) is 11.3 Å². The number of aromatic amines is 1. The number of hydrogen-bond acceptors (Lipinski definition) is 2. The SMILES string of the molecule is O=C1c2ccccc2-c2[nH]c(=O)cc3cccc1c23. The zero-order valence-corrected chi connectivity index (χ0v) is 9.94. The maximum atomic E-state index is 12.5. The molecule has 3 aromatic rings. The Labute approximate surface area is 108 Å². The number of nitrogens with one attached hydrogen (secondary N) is 1. The van der Waals surface area contributed by atoms with Gasteiger partial charge in [-0.05, 0) is 5.39 Å². The van der Waals surface area contributed by atoms with Crippen molar-refractivity contribution in [2.75, 3.05) is 0 Å². The summed E-state index contributed by atoms with van der Waals surface area (Å²) in [6, 6.07) is 14.4. The Morgan fingerprint density at radius 3 is 2.37 bits per heavy atom. The fourth-order valence-corrected chi connectivity index (χ4v) is 2.77. The van der Waals surface area contributed by atoms with Crippen LogP contribution in [-0.4, -0.2) is 10.8 Å². The van der Waals surface area contributed by atoms with E-state index < -0.39 is 0 Å². The summed E-state index contributed by atoms with van der Waals surface area (Å²) >= 11 is 0. The maximum Gasteiger partial charge on any atom is 0.249 e. The van der Waals surface area contributed by atoms with Crippen molar-refractivity contribution < 1.29 is 4.79 Å². The first-order valence-corrected chi connectivity index (χ1v) is 6.06. The number of ketones is 1. The summed E-state index contributed by atoms with van der Waals surface area (Å²) in [5, 5.41) is 1.64. The monoisotopic (exact) mass is 247 g/mol. The highest BCUT2D eigenvalue weighted by Gasteiger charge is 2.25. The van der Waals surface area contributed by atoms with Crippen molar-refractivity contribution in [1.29, 1.82) is 0 Å². The summed E-state index contributed by atoms with van der Waals surface area (Å²) in [5.41, 5.74) is 2.69. The fourth-order valence-electron chi connectivity index (χ4n) is 2.77. The molecule has 0 fully saturated rings. The molecule has 0 aliphatic heterocycles. The number of pyridine rings is 1. The standard InChI is InChI=1S/C16H9NO2/c18-13-8-9-4-3-7-12-14(9)15(17-13)10-5-1-2-6-11(10)16(12)19/h1-8H,(H,17,18). The molecule has 3 heteroatoms. The first-order chi connectivity index (χ1) is 9.25. The molecule has 90 valence electrons. The van der Waals surface area contributed by atoms with Crippen molar-refractivity contribution in [2.24, 2.45) is 0 Å². The molecule has 2 aromatic carbocycles. The number of H-pyrrole nitrogens is 1. The molecular weight excluding hydrogens is 238 g/mol. The van der Waals surface area contributed by atoms with E-state index in [2.05, 4.69) is 4.98 Å². The van der Waals surface area contributed by atoms with Crippen molar-refractivity contribution >= 4 is 16.6 Å². The van der Waals surface area contributed by atoms with Crippen LogP contribution in [0.15, 0.2) is 53.3 Å². The van der Waals surface area contributed by atoms with Crippen molar-refractivity contribution in [3.63, 3.8) is 0 Å². The van der Waals surface area contributed by atoms with Crippen LogP contribution in [0.2, 0.25) is 0 Å². The predicted octanol–water partition coefficient (Wildman–Crippen LogP) is 2.74. The number of benzene rings is 2. The van der Waals surface area contributed by atoms with Crippen LogP contribution in [-0.2, 0) is 0 Å². The van der Waals surface area contributed by atoms with Crippen LogP contribution < -0.4 is 5.56 Å².